The second kappa shape index (κ2) is 5.15. The number of nitrogens with zero attached hydrogens (tertiary/aromatic N) is 2. The standard InChI is InChI=1S/C14H9Cl2N3O/c15-8-1-4-10(5-2-8)18-19-13-11-7-9(16)3-6-12(11)17-14(13)20/h1-7,17,20H. The molecule has 0 saturated heterocycles. The summed E-state index contributed by atoms with van der Waals surface area (Å²) in [6.07, 6.45) is 0. The molecule has 0 bridgehead atoms. The molecule has 1 aromatic heterocycles. The third-order valence-corrected chi connectivity index (χ3v) is 3.29. The van der Waals surface area contributed by atoms with Crippen LogP contribution in [0.25, 0.3) is 10.9 Å². The molecule has 0 spiro atoms. The largest absolute Gasteiger partial charge is 0.493 e. The molecule has 0 fully saturated rings. The zero-order valence-corrected chi connectivity index (χ0v) is 11.7. The first-order valence-corrected chi connectivity index (χ1v) is 6.56. The van der Waals surface area contributed by atoms with Crippen LogP contribution in [-0.2, 0) is 0 Å². The third kappa shape index (κ3) is 2.48. The van der Waals surface area contributed by atoms with Crippen molar-refractivity contribution in [3.63, 3.8) is 0 Å². The van der Waals surface area contributed by atoms with Gasteiger partial charge >= 0.3 is 0 Å². The molecule has 0 amide bonds. The fourth-order valence-corrected chi connectivity index (χ4v) is 2.15. The van der Waals surface area contributed by atoms with Gasteiger partial charge in [0.25, 0.3) is 0 Å². The Morgan fingerprint density at radius 1 is 0.900 bits per heavy atom. The van der Waals surface area contributed by atoms with Gasteiger partial charge in [-0.25, -0.2) is 0 Å². The Morgan fingerprint density at radius 3 is 2.35 bits per heavy atom. The smallest absolute Gasteiger partial charge is 0.218 e. The van der Waals surface area contributed by atoms with Gasteiger partial charge in [-0.3, -0.25) is 0 Å². The van der Waals surface area contributed by atoms with Crippen molar-refractivity contribution < 1.29 is 5.11 Å². The van der Waals surface area contributed by atoms with E-state index in [-0.39, 0.29) is 5.88 Å². The maximum Gasteiger partial charge on any atom is 0.218 e. The summed E-state index contributed by atoms with van der Waals surface area (Å²) in [7, 11) is 0. The molecular weight excluding hydrogens is 297 g/mol. The van der Waals surface area contributed by atoms with E-state index >= 15 is 0 Å². The first-order chi connectivity index (χ1) is 9.63. The maximum atomic E-state index is 9.87. The Hall–Kier alpha value is -2.04. The van der Waals surface area contributed by atoms with Gasteiger partial charge in [0.05, 0.1) is 11.2 Å². The summed E-state index contributed by atoms with van der Waals surface area (Å²) in [6, 6.07) is 12.2. The van der Waals surface area contributed by atoms with Crippen LogP contribution in [0, 0.1) is 0 Å². The number of hydrogen-bond donors (Lipinski definition) is 2. The molecule has 0 aliphatic heterocycles. The van der Waals surface area contributed by atoms with Gasteiger partial charge < -0.3 is 10.1 Å². The molecule has 4 nitrogen and oxygen atoms in total. The van der Waals surface area contributed by atoms with Crippen molar-refractivity contribution in [2.24, 2.45) is 10.2 Å². The van der Waals surface area contributed by atoms with E-state index in [1.807, 2.05) is 0 Å². The van der Waals surface area contributed by atoms with Gasteiger partial charge in [0.1, 0.15) is 0 Å². The third-order valence-electron chi connectivity index (χ3n) is 2.81. The number of hydrogen-bond acceptors (Lipinski definition) is 3. The van der Waals surface area contributed by atoms with Crippen LogP contribution in [0.4, 0.5) is 11.4 Å². The fourth-order valence-electron chi connectivity index (χ4n) is 1.85. The Kier molecular flexibility index (Phi) is 3.34. The van der Waals surface area contributed by atoms with Crippen molar-refractivity contribution in [1.82, 2.24) is 4.98 Å². The number of aromatic nitrogens is 1. The van der Waals surface area contributed by atoms with Gasteiger partial charge in [-0.1, -0.05) is 23.2 Å². The number of aromatic hydroxyl groups is 1. The molecule has 0 atom stereocenters. The molecular formula is C14H9Cl2N3O. The van der Waals surface area contributed by atoms with Crippen LogP contribution in [-0.4, -0.2) is 10.1 Å². The lowest BCUT2D eigenvalue weighted by Gasteiger charge is -1.94. The van der Waals surface area contributed by atoms with Crippen LogP contribution >= 0.6 is 23.2 Å². The van der Waals surface area contributed by atoms with Gasteiger partial charge in [0, 0.05) is 15.4 Å². The summed E-state index contributed by atoms with van der Waals surface area (Å²) in [5.74, 6) is -0.0417. The average Bonchev–Trinajstić information content (AvgIpc) is 2.73. The van der Waals surface area contributed by atoms with Gasteiger partial charge in [-0.15, -0.1) is 5.11 Å². The molecule has 100 valence electrons. The van der Waals surface area contributed by atoms with Crippen molar-refractivity contribution >= 4 is 45.5 Å². The minimum absolute atomic E-state index is 0.0417. The average molecular weight is 306 g/mol. The minimum Gasteiger partial charge on any atom is -0.493 e. The molecule has 3 rings (SSSR count). The molecule has 0 saturated carbocycles. The number of benzene rings is 2. The van der Waals surface area contributed by atoms with Gasteiger partial charge in [0.2, 0.25) is 5.88 Å². The first-order valence-electron chi connectivity index (χ1n) is 5.81. The molecule has 6 heteroatoms. The summed E-state index contributed by atoms with van der Waals surface area (Å²) in [5.41, 5.74) is 1.75. The highest BCUT2D eigenvalue weighted by atomic mass is 35.5. The topological polar surface area (TPSA) is 60.7 Å². The normalized spacial score (nSPS) is 11.5. The van der Waals surface area contributed by atoms with Crippen molar-refractivity contribution in [2.75, 3.05) is 0 Å². The Balaban J connectivity index is 2.03. The summed E-state index contributed by atoms with van der Waals surface area (Å²) >= 11 is 11.8. The summed E-state index contributed by atoms with van der Waals surface area (Å²) in [6.45, 7) is 0. The van der Waals surface area contributed by atoms with Crippen LogP contribution < -0.4 is 0 Å². The van der Waals surface area contributed by atoms with E-state index in [0.717, 1.165) is 5.52 Å². The second-order valence-corrected chi connectivity index (χ2v) is 5.06. The van der Waals surface area contributed by atoms with Crippen LogP contribution in [0.1, 0.15) is 0 Å². The van der Waals surface area contributed by atoms with Crippen molar-refractivity contribution in [3.05, 3.63) is 52.5 Å². The van der Waals surface area contributed by atoms with E-state index < -0.39 is 0 Å². The second-order valence-electron chi connectivity index (χ2n) is 4.19. The summed E-state index contributed by atoms with van der Waals surface area (Å²) < 4.78 is 0. The molecule has 3 aromatic rings. The summed E-state index contributed by atoms with van der Waals surface area (Å²) in [5, 5.41) is 19.9. The molecule has 2 N–H and O–H groups in total. The first kappa shape index (κ1) is 13.0. The number of azo groups is 1. The van der Waals surface area contributed by atoms with E-state index in [4.69, 9.17) is 23.2 Å². The number of aromatic amines is 1. The molecule has 0 aliphatic carbocycles. The molecule has 1 heterocycles. The highest BCUT2D eigenvalue weighted by Crippen LogP contribution is 2.37. The van der Waals surface area contributed by atoms with E-state index in [1.54, 1.807) is 42.5 Å². The highest BCUT2D eigenvalue weighted by Gasteiger charge is 2.10. The van der Waals surface area contributed by atoms with Crippen LogP contribution in [0.15, 0.2) is 52.7 Å². The van der Waals surface area contributed by atoms with Crippen molar-refractivity contribution in [3.8, 4) is 5.88 Å². The van der Waals surface area contributed by atoms with Crippen LogP contribution in [0.2, 0.25) is 10.0 Å². The Morgan fingerprint density at radius 2 is 1.60 bits per heavy atom. The van der Waals surface area contributed by atoms with E-state index in [9.17, 15) is 5.11 Å². The maximum absolute atomic E-state index is 9.87. The van der Waals surface area contributed by atoms with Gasteiger partial charge in [-0.05, 0) is 42.5 Å². The molecule has 0 aliphatic rings. The molecule has 0 radical (unpaired) electrons. The number of halogens is 2. The van der Waals surface area contributed by atoms with Gasteiger partial charge in [-0.2, -0.15) is 5.11 Å². The minimum atomic E-state index is -0.0417. The predicted octanol–water partition coefficient (Wildman–Crippen LogP) is 5.60. The SMILES string of the molecule is Oc1[nH]c2ccc(Cl)cc2c1N=Nc1ccc(Cl)cc1. The lowest BCUT2D eigenvalue weighted by atomic mass is 10.2. The van der Waals surface area contributed by atoms with Crippen LogP contribution in [0.3, 0.4) is 0 Å². The zero-order valence-electron chi connectivity index (χ0n) is 10.1. The number of rotatable bonds is 2. The van der Waals surface area contributed by atoms with Crippen molar-refractivity contribution in [2.45, 2.75) is 0 Å². The van der Waals surface area contributed by atoms with Crippen molar-refractivity contribution in [1.29, 1.82) is 0 Å². The van der Waals surface area contributed by atoms with E-state index in [1.165, 1.54) is 0 Å². The number of nitrogens with one attached hydrogen (secondary N) is 1. The van der Waals surface area contributed by atoms with E-state index in [2.05, 4.69) is 15.2 Å². The monoisotopic (exact) mass is 305 g/mol. The summed E-state index contributed by atoms with van der Waals surface area (Å²) in [4.78, 5) is 2.82. The Labute approximate surface area is 124 Å². The lowest BCUT2D eigenvalue weighted by Crippen LogP contribution is -1.67. The van der Waals surface area contributed by atoms with Crippen LogP contribution in [0.5, 0.6) is 5.88 Å². The predicted molar refractivity (Wildman–Crippen MR) is 80.6 cm³/mol. The molecule has 2 aromatic carbocycles. The highest BCUT2D eigenvalue weighted by molar-refractivity contribution is 6.31. The number of H-pyrrole nitrogens is 1. The molecule has 0 unspecified atom stereocenters. The molecule has 20 heavy (non-hydrogen) atoms. The number of fused-ring (bicyclic) bond motifs is 1. The fraction of sp³-hybridized carbons (Fsp3) is 0. The Bertz CT molecular complexity index is 794. The van der Waals surface area contributed by atoms with Gasteiger partial charge in [0.15, 0.2) is 5.69 Å². The quantitative estimate of drug-likeness (QED) is 0.595. The zero-order chi connectivity index (χ0) is 14.1. The van der Waals surface area contributed by atoms with E-state index in [0.29, 0.717) is 26.8 Å². The lowest BCUT2D eigenvalue weighted by molar-refractivity contribution is 0.459.